The zero-order valence-electron chi connectivity index (χ0n) is 19.9. The highest BCUT2D eigenvalue weighted by atomic mass is 79.9. The van der Waals surface area contributed by atoms with Crippen molar-refractivity contribution in [3.05, 3.63) is 93.5 Å². The Morgan fingerprint density at radius 2 is 1.66 bits per heavy atom. The number of carbonyl (C=O) groups excluding carboxylic acids is 3. The second-order valence-corrected chi connectivity index (χ2v) is 8.88. The Bertz CT molecular complexity index is 1330. The van der Waals surface area contributed by atoms with Crippen LogP contribution in [0.4, 0.5) is 18.9 Å². The summed E-state index contributed by atoms with van der Waals surface area (Å²) in [7, 11) is 0. The first-order valence-corrected chi connectivity index (χ1v) is 11.9. The molecule has 0 bridgehead atoms. The number of benzene rings is 3. The molecule has 0 saturated heterocycles. The quantitative estimate of drug-likeness (QED) is 0.203. The number of halogens is 4. The Balaban J connectivity index is 1.44. The number of hydrogen-bond acceptors (Lipinski definition) is 5. The number of carbonyl (C=O) groups is 3. The summed E-state index contributed by atoms with van der Waals surface area (Å²) in [6.07, 6.45) is -3.34. The number of rotatable bonds is 8. The summed E-state index contributed by atoms with van der Waals surface area (Å²) in [6, 6.07) is 17.0. The first-order valence-electron chi connectivity index (χ1n) is 11.1. The van der Waals surface area contributed by atoms with Crippen LogP contribution >= 0.6 is 15.9 Å². The van der Waals surface area contributed by atoms with E-state index in [9.17, 15) is 27.6 Å². The van der Waals surface area contributed by atoms with Crippen molar-refractivity contribution in [1.29, 1.82) is 0 Å². The molecule has 0 aliphatic heterocycles. The smallest absolute Gasteiger partial charge is 0.418 e. The van der Waals surface area contributed by atoms with Gasteiger partial charge in [0.15, 0.2) is 6.61 Å². The first-order chi connectivity index (χ1) is 18.0. The van der Waals surface area contributed by atoms with Crippen LogP contribution in [-0.4, -0.2) is 30.5 Å². The molecule has 0 spiro atoms. The third kappa shape index (κ3) is 8.73. The number of hydrogen-bond donors (Lipinski definition) is 3. The van der Waals surface area contributed by atoms with Gasteiger partial charge in [-0.05, 0) is 60.5 Å². The fraction of sp³-hybridized carbons (Fsp3) is 0.154. The molecule has 0 saturated carbocycles. The van der Waals surface area contributed by atoms with E-state index in [4.69, 9.17) is 4.74 Å². The Hall–Kier alpha value is -4.19. The first kappa shape index (κ1) is 28.4. The molecule has 38 heavy (non-hydrogen) atoms. The molecule has 8 nitrogen and oxygen atoms in total. The van der Waals surface area contributed by atoms with Gasteiger partial charge < -0.3 is 15.4 Å². The third-order valence-electron chi connectivity index (χ3n) is 4.97. The van der Waals surface area contributed by atoms with Crippen molar-refractivity contribution in [2.45, 2.75) is 19.6 Å². The minimum Gasteiger partial charge on any atom is -0.484 e. The molecule has 0 fully saturated rings. The Morgan fingerprint density at radius 1 is 0.974 bits per heavy atom. The van der Waals surface area contributed by atoms with E-state index in [2.05, 4.69) is 37.1 Å². The standard InChI is InChI=1S/C26H22BrF3N4O4/c1-16-2-4-17(5-3-16)13-31-24(36)25(37)34-32-14-18-6-9-20(10-7-18)38-15-23(35)33-22-11-8-19(27)12-21(22)26(28,29)30/h2-12,14H,13,15H2,1H3,(H,31,36)(H,33,35)(H,34,37)/b32-14-. The van der Waals surface area contributed by atoms with E-state index in [1.165, 1.54) is 24.4 Å². The second kappa shape index (κ2) is 12.9. The minimum absolute atomic E-state index is 0.197. The Labute approximate surface area is 224 Å². The molecular formula is C26H22BrF3N4O4. The number of anilines is 1. The molecule has 0 unspecified atom stereocenters. The lowest BCUT2D eigenvalue weighted by Gasteiger charge is -2.14. The molecular weight excluding hydrogens is 569 g/mol. The summed E-state index contributed by atoms with van der Waals surface area (Å²) in [5, 5.41) is 8.42. The molecule has 3 amide bonds. The summed E-state index contributed by atoms with van der Waals surface area (Å²) < 4.78 is 45.1. The molecule has 0 radical (unpaired) electrons. The van der Waals surface area contributed by atoms with Crippen LogP contribution in [0.25, 0.3) is 0 Å². The van der Waals surface area contributed by atoms with Crippen LogP contribution in [0.2, 0.25) is 0 Å². The van der Waals surface area contributed by atoms with Crippen LogP contribution in [0, 0.1) is 6.92 Å². The van der Waals surface area contributed by atoms with E-state index >= 15 is 0 Å². The number of nitrogens with zero attached hydrogens (tertiary/aromatic N) is 1. The molecule has 3 aromatic carbocycles. The summed E-state index contributed by atoms with van der Waals surface area (Å²) in [5.74, 6) is -2.26. The second-order valence-electron chi connectivity index (χ2n) is 7.96. The van der Waals surface area contributed by atoms with Gasteiger partial charge in [-0.2, -0.15) is 18.3 Å². The van der Waals surface area contributed by atoms with Gasteiger partial charge in [-0.1, -0.05) is 45.8 Å². The lowest BCUT2D eigenvalue weighted by atomic mass is 10.1. The number of alkyl halides is 3. The fourth-order valence-electron chi connectivity index (χ4n) is 3.03. The van der Waals surface area contributed by atoms with Crippen molar-refractivity contribution in [3.63, 3.8) is 0 Å². The van der Waals surface area contributed by atoms with E-state index in [-0.39, 0.29) is 22.5 Å². The van der Waals surface area contributed by atoms with Gasteiger partial charge in [0.05, 0.1) is 17.5 Å². The monoisotopic (exact) mass is 590 g/mol. The van der Waals surface area contributed by atoms with E-state index in [1.54, 1.807) is 12.1 Å². The van der Waals surface area contributed by atoms with Gasteiger partial charge in [0.2, 0.25) is 0 Å². The highest BCUT2D eigenvalue weighted by Crippen LogP contribution is 2.36. The van der Waals surface area contributed by atoms with Crippen LogP contribution in [0.3, 0.4) is 0 Å². The predicted octanol–water partition coefficient (Wildman–Crippen LogP) is 4.56. The molecule has 3 N–H and O–H groups in total. The van der Waals surface area contributed by atoms with E-state index < -0.39 is 36.1 Å². The number of nitrogens with one attached hydrogen (secondary N) is 3. The van der Waals surface area contributed by atoms with Crippen molar-refractivity contribution in [2.75, 3.05) is 11.9 Å². The van der Waals surface area contributed by atoms with Crippen molar-refractivity contribution in [2.24, 2.45) is 5.10 Å². The molecule has 12 heteroatoms. The van der Waals surface area contributed by atoms with Gasteiger partial charge in [-0.25, -0.2) is 5.43 Å². The van der Waals surface area contributed by atoms with Gasteiger partial charge in [-0.3, -0.25) is 14.4 Å². The normalized spacial score (nSPS) is 11.2. The lowest BCUT2D eigenvalue weighted by molar-refractivity contribution is -0.139. The maximum Gasteiger partial charge on any atom is 0.418 e. The van der Waals surface area contributed by atoms with E-state index in [0.29, 0.717) is 5.56 Å². The zero-order valence-corrected chi connectivity index (χ0v) is 21.5. The van der Waals surface area contributed by atoms with Gasteiger partial charge in [0.1, 0.15) is 5.75 Å². The average molecular weight is 591 g/mol. The number of ether oxygens (including phenoxy) is 1. The predicted molar refractivity (Wildman–Crippen MR) is 138 cm³/mol. The Kier molecular flexibility index (Phi) is 9.61. The molecule has 0 aliphatic carbocycles. The highest BCUT2D eigenvalue weighted by molar-refractivity contribution is 9.10. The lowest BCUT2D eigenvalue weighted by Crippen LogP contribution is -2.37. The summed E-state index contributed by atoms with van der Waals surface area (Å²) >= 11 is 2.98. The fourth-order valence-corrected chi connectivity index (χ4v) is 3.39. The average Bonchev–Trinajstić information content (AvgIpc) is 2.88. The summed E-state index contributed by atoms with van der Waals surface area (Å²) in [6.45, 7) is 1.62. The molecule has 0 aliphatic rings. The molecule has 0 heterocycles. The van der Waals surface area contributed by atoms with E-state index in [0.717, 1.165) is 23.3 Å². The van der Waals surface area contributed by atoms with Crippen molar-refractivity contribution >= 4 is 45.6 Å². The van der Waals surface area contributed by atoms with Crippen molar-refractivity contribution < 1.29 is 32.3 Å². The maximum atomic E-state index is 13.2. The highest BCUT2D eigenvalue weighted by Gasteiger charge is 2.34. The summed E-state index contributed by atoms with van der Waals surface area (Å²) in [5.41, 5.74) is 3.23. The van der Waals surface area contributed by atoms with Gasteiger partial charge in [-0.15, -0.1) is 0 Å². The van der Waals surface area contributed by atoms with Crippen LogP contribution < -0.4 is 20.8 Å². The molecule has 198 valence electrons. The van der Waals surface area contributed by atoms with Gasteiger partial charge >= 0.3 is 18.0 Å². The molecule has 3 aromatic rings. The Morgan fingerprint density at radius 3 is 2.32 bits per heavy atom. The maximum absolute atomic E-state index is 13.2. The van der Waals surface area contributed by atoms with Crippen LogP contribution in [0.1, 0.15) is 22.3 Å². The van der Waals surface area contributed by atoms with Crippen LogP contribution in [0.15, 0.2) is 76.3 Å². The zero-order chi connectivity index (χ0) is 27.7. The van der Waals surface area contributed by atoms with Crippen LogP contribution in [-0.2, 0) is 27.1 Å². The van der Waals surface area contributed by atoms with Crippen LogP contribution in [0.5, 0.6) is 5.75 Å². The van der Waals surface area contributed by atoms with Crippen molar-refractivity contribution in [1.82, 2.24) is 10.7 Å². The van der Waals surface area contributed by atoms with Gasteiger partial charge in [0.25, 0.3) is 5.91 Å². The number of amides is 3. The topological polar surface area (TPSA) is 109 Å². The van der Waals surface area contributed by atoms with Crippen molar-refractivity contribution in [3.8, 4) is 5.75 Å². The minimum atomic E-state index is -4.64. The molecule has 0 aromatic heterocycles. The van der Waals surface area contributed by atoms with E-state index in [1.807, 2.05) is 31.2 Å². The molecule has 3 rings (SSSR count). The SMILES string of the molecule is Cc1ccc(CNC(=O)C(=O)N/N=C\c2ccc(OCC(=O)Nc3ccc(Br)cc3C(F)(F)F)cc2)cc1. The third-order valence-corrected chi connectivity index (χ3v) is 5.46. The van der Waals surface area contributed by atoms with Gasteiger partial charge in [0, 0.05) is 11.0 Å². The number of hydrazone groups is 1. The molecule has 0 atom stereocenters. The summed E-state index contributed by atoms with van der Waals surface area (Å²) in [4.78, 5) is 35.9. The number of aryl methyl sites for hydroxylation is 1. The largest absolute Gasteiger partial charge is 0.484 e.